The quantitative estimate of drug-likeness (QED) is 0.727. The summed E-state index contributed by atoms with van der Waals surface area (Å²) in [5.41, 5.74) is 5.67. The van der Waals surface area contributed by atoms with Crippen molar-refractivity contribution in [1.29, 1.82) is 0 Å². The number of carboxylic acid groups (broad SMARTS) is 1. The second-order valence-corrected chi connectivity index (χ2v) is 5.57. The summed E-state index contributed by atoms with van der Waals surface area (Å²) in [7, 11) is -3.83. The van der Waals surface area contributed by atoms with Gasteiger partial charge in [-0.15, -0.1) is 0 Å². The lowest BCUT2D eigenvalue weighted by molar-refractivity contribution is 0.0690. The van der Waals surface area contributed by atoms with E-state index in [1.165, 1.54) is 42.5 Å². The van der Waals surface area contributed by atoms with E-state index in [-0.39, 0.29) is 16.4 Å². The van der Waals surface area contributed by atoms with Crippen molar-refractivity contribution < 1.29 is 18.3 Å². The number of nitrogens with zero attached hydrogens (tertiary/aromatic N) is 1. The zero-order valence-electron chi connectivity index (χ0n) is 10.1. The summed E-state index contributed by atoms with van der Waals surface area (Å²) in [5.74, 6) is -1.31. The van der Waals surface area contributed by atoms with Gasteiger partial charge in [-0.3, -0.25) is 4.72 Å². The van der Waals surface area contributed by atoms with E-state index < -0.39 is 16.0 Å². The lowest BCUT2D eigenvalue weighted by atomic mass is 10.3. The number of nitrogen functional groups attached to an aromatic ring is 1. The van der Waals surface area contributed by atoms with Crippen LogP contribution in [0.2, 0.25) is 0 Å². The van der Waals surface area contributed by atoms with Gasteiger partial charge in [0.25, 0.3) is 10.0 Å². The van der Waals surface area contributed by atoms with Crippen LogP contribution in [0.3, 0.4) is 0 Å². The minimum Gasteiger partial charge on any atom is -0.477 e. The molecule has 0 atom stereocenters. The van der Waals surface area contributed by atoms with Crippen LogP contribution in [0.4, 0.5) is 11.5 Å². The first-order valence-corrected chi connectivity index (χ1v) is 6.95. The second kappa shape index (κ2) is 5.17. The molecule has 4 N–H and O–H groups in total. The molecule has 7 nitrogen and oxygen atoms in total. The molecule has 8 heteroatoms. The van der Waals surface area contributed by atoms with Gasteiger partial charge >= 0.3 is 5.97 Å². The van der Waals surface area contributed by atoms with Crippen LogP contribution in [0.1, 0.15) is 10.5 Å². The van der Waals surface area contributed by atoms with Crippen LogP contribution in [0, 0.1) is 0 Å². The van der Waals surface area contributed by atoms with Crippen LogP contribution < -0.4 is 10.5 Å². The predicted molar refractivity (Wildman–Crippen MR) is 72.9 cm³/mol. The highest BCUT2D eigenvalue weighted by Crippen LogP contribution is 2.16. The Morgan fingerprint density at radius 1 is 1.15 bits per heavy atom. The van der Waals surface area contributed by atoms with E-state index in [0.717, 1.165) is 0 Å². The van der Waals surface area contributed by atoms with Gasteiger partial charge in [0, 0.05) is 5.69 Å². The number of carbonyl (C=O) groups is 1. The first-order chi connectivity index (χ1) is 9.38. The maximum absolute atomic E-state index is 12.1. The topological polar surface area (TPSA) is 122 Å². The Morgan fingerprint density at radius 3 is 2.40 bits per heavy atom. The van der Waals surface area contributed by atoms with Gasteiger partial charge in [0.1, 0.15) is 5.82 Å². The van der Waals surface area contributed by atoms with Crippen molar-refractivity contribution in [3.05, 3.63) is 48.2 Å². The van der Waals surface area contributed by atoms with E-state index in [0.29, 0.717) is 5.69 Å². The van der Waals surface area contributed by atoms with Gasteiger partial charge in [-0.1, -0.05) is 6.07 Å². The van der Waals surface area contributed by atoms with E-state index in [1.807, 2.05) is 0 Å². The average molecular weight is 293 g/mol. The third-order valence-corrected chi connectivity index (χ3v) is 3.77. The average Bonchev–Trinajstić information content (AvgIpc) is 2.39. The van der Waals surface area contributed by atoms with Crippen LogP contribution in [-0.2, 0) is 10.0 Å². The van der Waals surface area contributed by atoms with Crippen molar-refractivity contribution in [3.8, 4) is 0 Å². The number of carboxylic acids is 1. The van der Waals surface area contributed by atoms with Crippen molar-refractivity contribution in [1.82, 2.24) is 4.98 Å². The van der Waals surface area contributed by atoms with E-state index in [4.69, 9.17) is 10.8 Å². The lowest BCUT2D eigenvalue weighted by Crippen LogP contribution is -2.15. The highest BCUT2D eigenvalue weighted by molar-refractivity contribution is 7.92. The fourth-order valence-electron chi connectivity index (χ4n) is 1.45. The first kappa shape index (κ1) is 13.8. The summed E-state index contributed by atoms with van der Waals surface area (Å²) in [6, 6.07) is 9.63. The van der Waals surface area contributed by atoms with E-state index in [9.17, 15) is 13.2 Å². The molecule has 1 heterocycles. The zero-order valence-corrected chi connectivity index (χ0v) is 11.0. The highest BCUT2D eigenvalue weighted by Gasteiger charge is 2.15. The van der Waals surface area contributed by atoms with Crippen molar-refractivity contribution in [2.75, 3.05) is 10.5 Å². The molecule has 0 unspecified atom stereocenters. The molecular formula is C12H11N3O4S. The van der Waals surface area contributed by atoms with Gasteiger partial charge in [-0.05, 0) is 36.4 Å². The van der Waals surface area contributed by atoms with Crippen molar-refractivity contribution >= 4 is 27.5 Å². The number of anilines is 2. The Bertz CT molecular complexity index is 742. The summed E-state index contributed by atoms with van der Waals surface area (Å²) >= 11 is 0. The van der Waals surface area contributed by atoms with Gasteiger partial charge in [0.05, 0.1) is 4.90 Å². The number of hydrogen-bond acceptors (Lipinski definition) is 5. The zero-order chi connectivity index (χ0) is 14.8. The molecule has 2 rings (SSSR count). The smallest absolute Gasteiger partial charge is 0.354 e. The Balaban J connectivity index is 2.31. The van der Waals surface area contributed by atoms with Gasteiger partial charge in [-0.2, -0.15) is 0 Å². The number of aromatic nitrogens is 1. The predicted octanol–water partition coefficient (Wildman–Crippen LogP) is 1.16. The molecule has 0 aliphatic heterocycles. The van der Waals surface area contributed by atoms with Gasteiger partial charge in [0.15, 0.2) is 5.69 Å². The van der Waals surface area contributed by atoms with Gasteiger partial charge < -0.3 is 10.8 Å². The summed E-state index contributed by atoms with van der Waals surface area (Å²) in [4.78, 5) is 14.5. The van der Waals surface area contributed by atoms with Crippen LogP contribution in [0.25, 0.3) is 0 Å². The Morgan fingerprint density at radius 2 is 1.80 bits per heavy atom. The highest BCUT2D eigenvalue weighted by atomic mass is 32.2. The molecule has 0 spiro atoms. The van der Waals surface area contributed by atoms with Crippen molar-refractivity contribution in [2.45, 2.75) is 4.90 Å². The molecule has 1 aromatic carbocycles. The SMILES string of the molecule is Nc1ccc(S(=O)(=O)Nc2cccc(C(=O)O)n2)cc1. The minimum absolute atomic E-state index is 0.00854. The molecule has 0 amide bonds. The van der Waals surface area contributed by atoms with Crippen LogP contribution in [-0.4, -0.2) is 24.5 Å². The van der Waals surface area contributed by atoms with Gasteiger partial charge in [-0.25, -0.2) is 18.2 Å². The number of rotatable bonds is 4. The fraction of sp³-hybridized carbons (Fsp3) is 0. The van der Waals surface area contributed by atoms with E-state index >= 15 is 0 Å². The summed E-state index contributed by atoms with van der Waals surface area (Å²) in [6.07, 6.45) is 0. The molecule has 2 aromatic rings. The van der Waals surface area contributed by atoms with Gasteiger partial charge in [0.2, 0.25) is 0 Å². The van der Waals surface area contributed by atoms with Crippen LogP contribution in [0.5, 0.6) is 0 Å². The summed E-state index contributed by atoms with van der Waals surface area (Å²) < 4.78 is 26.3. The Labute approximate surface area is 115 Å². The molecule has 0 bridgehead atoms. The Hall–Kier alpha value is -2.61. The number of hydrogen-bond donors (Lipinski definition) is 3. The number of aromatic carboxylic acids is 1. The molecule has 20 heavy (non-hydrogen) atoms. The monoisotopic (exact) mass is 293 g/mol. The second-order valence-electron chi connectivity index (χ2n) is 3.89. The molecule has 0 aliphatic carbocycles. The molecule has 0 fully saturated rings. The largest absolute Gasteiger partial charge is 0.477 e. The lowest BCUT2D eigenvalue weighted by Gasteiger charge is -2.07. The fourth-order valence-corrected chi connectivity index (χ4v) is 2.46. The molecular weight excluding hydrogens is 282 g/mol. The normalized spacial score (nSPS) is 11.0. The Kier molecular flexibility index (Phi) is 3.57. The number of nitrogens with one attached hydrogen (secondary N) is 1. The number of nitrogens with two attached hydrogens (primary N) is 1. The molecule has 0 saturated carbocycles. The molecule has 0 aliphatic rings. The maximum Gasteiger partial charge on any atom is 0.354 e. The number of sulfonamides is 1. The molecule has 0 radical (unpaired) electrons. The summed E-state index contributed by atoms with van der Waals surface area (Å²) in [5, 5.41) is 8.80. The van der Waals surface area contributed by atoms with Crippen LogP contribution >= 0.6 is 0 Å². The number of pyridine rings is 1. The minimum atomic E-state index is -3.83. The number of benzene rings is 1. The third kappa shape index (κ3) is 3.04. The summed E-state index contributed by atoms with van der Waals surface area (Å²) in [6.45, 7) is 0. The van der Waals surface area contributed by atoms with Crippen LogP contribution in [0.15, 0.2) is 47.4 Å². The van der Waals surface area contributed by atoms with E-state index in [2.05, 4.69) is 9.71 Å². The standard InChI is InChI=1S/C12H11N3O4S/c13-8-4-6-9(7-5-8)20(18,19)15-11-3-1-2-10(14-11)12(16)17/h1-7H,13H2,(H,14,15)(H,16,17). The maximum atomic E-state index is 12.1. The molecule has 104 valence electrons. The first-order valence-electron chi connectivity index (χ1n) is 5.47. The van der Waals surface area contributed by atoms with E-state index in [1.54, 1.807) is 0 Å². The molecule has 1 aromatic heterocycles. The van der Waals surface area contributed by atoms with Crippen molar-refractivity contribution in [3.63, 3.8) is 0 Å². The molecule has 0 saturated heterocycles. The van der Waals surface area contributed by atoms with Crippen molar-refractivity contribution in [2.24, 2.45) is 0 Å². The third-order valence-electron chi connectivity index (χ3n) is 2.40.